The zero-order valence-corrected chi connectivity index (χ0v) is 13.6. The van der Waals surface area contributed by atoms with Crippen molar-refractivity contribution in [1.29, 1.82) is 0 Å². The number of aromatic nitrogens is 4. The Kier molecular flexibility index (Phi) is 2.66. The molecule has 24 heavy (non-hydrogen) atoms. The Morgan fingerprint density at radius 1 is 1.33 bits per heavy atom. The van der Waals surface area contributed by atoms with Crippen molar-refractivity contribution in [1.82, 2.24) is 25.5 Å². The zero-order valence-electron chi connectivity index (χ0n) is 13.6. The van der Waals surface area contributed by atoms with E-state index in [1.807, 2.05) is 18.9 Å². The molecule has 122 valence electrons. The summed E-state index contributed by atoms with van der Waals surface area (Å²) in [5.74, 6) is 1.70. The van der Waals surface area contributed by atoms with Crippen LogP contribution in [0.3, 0.4) is 0 Å². The van der Waals surface area contributed by atoms with Crippen molar-refractivity contribution in [2.45, 2.75) is 31.8 Å². The number of fused-ring (bicyclic) bond motifs is 4. The maximum absolute atomic E-state index is 12.8. The van der Waals surface area contributed by atoms with Gasteiger partial charge in [0.2, 0.25) is 5.95 Å². The van der Waals surface area contributed by atoms with E-state index in [-0.39, 0.29) is 11.9 Å². The first-order valence-electron chi connectivity index (χ1n) is 8.23. The summed E-state index contributed by atoms with van der Waals surface area (Å²) in [7, 11) is 1.88. The molecular formula is C17H18N6O. The van der Waals surface area contributed by atoms with Gasteiger partial charge in [0, 0.05) is 24.7 Å². The number of anilines is 1. The number of benzene rings is 1. The standard InChI is InChI=1S/C17H18N6O/c1-9-13(8-23-17(22(9)2)19-20-21-23)16(24)18-15-12-7-10-5-3-4-6-11(10)14(12)15/h3-6,12,14-15H,7-8H2,1-2H3,(H,18,24)/t12-,14+,15+/m0/s1. The molecule has 1 amide bonds. The van der Waals surface area contributed by atoms with Gasteiger partial charge in [0.1, 0.15) is 0 Å². The molecule has 3 atom stereocenters. The average Bonchev–Trinajstić information content (AvgIpc) is 2.96. The largest absolute Gasteiger partial charge is 0.349 e. The van der Waals surface area contributed by atoms with Crippen LogP contribution < -0.4 is 10.2 Å². The molecule has 1 aromatic heterocycles. The molecule has 2 heterocycles. The summed E-state index contributed by atoms with van der Waals surface area (Å²) in [4.78, 5) is 14.7. The second-order valence-electron chi connectivity index (χ2n) is 6.85. The van der Waals surface area contributed by atoms with Crippen LogP contribution in [-0.2, 0) is 17.8 Å². The van der Waals surface area contributed by atoms with Gasteiger partial charge >= 0.3 is 0 Å². The Hall–Kier alpha value is -2.70. The van der Waals surface area contributed by atoms with Crippen molar-refractivity contribution in [3.05, 3.63) is 46.7 Å². The number of hydrogen-bond acceptors (Lipinski definition) is 5. The lowest BCUT2D eigenvalue weighted by molar-refractivity contribution is -0.118. The van der Waals surface area contributed by atoms with Gasteiger partial charge in [-0.15, -0.1) is 0 Å². The maximum atomic E-state index is 12.8. The van der Waals surface area contributed by atoms with E-state index < -0.39 is 0 Å². The van der Waals surface area contributed by atoms with Gasteiger partial charge in [-0.2, -0.15) is 0 Å². The van der Waals surface area contributed by atoms with Gasteiger partial charge in [0.25, 0.3) is 5.91 Å². The quantitative estimate of drug-likeness (QED) is 0.887. The van der Waals surface area contributed by atoms with Crippen LogP contribution in [0.4, 0.5) is 5.95 Å². The van der Waals surface area contributed by atoms with Gasteiger partial charge < -0.3 is 10.2 Å². The predicted molar refractivity (Wildman–Crippen MR) is 87.2 cm³/mol. The van der Waals surface area contributed by atoms with Gasteiger partial charge in [0.05, 0.1) is 12.1 Å². The summed E-state index contributed by atoms with van der Waals surface area (Å²) >= 11 is 0. The van der Waals surface area contributed by atoms with Crippen molar-refractivity contribution < 1.29 is 4.79 Å². The van der Waals surface area contributed by atoms with Crippen LogP contribution in [0.1, 0.15) is 24.0 Å². The van der Waals surface area contributed by atoms with Gasteiger partial charge in [-0.3, -0.25) is 4.79 Å². The number of nitrogens with one attached hydrogen (secondary N) is 1. The van der Waals surface area contributed by atoms with E-state index in [1.54, 1.807) is 4.68 Å². The highest BCUT2D eigenvalue weighted by molar-refractivity contribution is 5.95. The van der Waals surface area contributed by atoms with Crippen LogP contribution >= 0.6 is 0 Å². The summed E-state index contributed by atoms with van der Waals surface area (Å²) in [6.45, 7) is 2.36. The fourth-order valence-electron chi connectivity index (χ4n) is 4.18. The normalized spacial score (nSPS) is 26.8. The average molecular weight is 322 g/mol. The van der Waals surface area contributed by atoms with E-state index in [9.17, 15) is 4.79 Å². The molecule has 0 unspecified atom stereocenters. The summed E-state index contributed by atoms with van der Waals surface area (Å²) in [5.41, 5.74) is 4.47. The van der Waals surface area contributed by atoms with E-state index in [0.717, 1.165) is 17.7 Å². The number of tetrazole rings is 1. The molecule has 1 aromatic carbocycles. The Balaban J connectivity index is 1.35. The number of allylic oxidation sites excluding steroid dienone is 1. The molecule has 0 bridgehead atoms. The summed E-state index contributed by atoms with van der Waals surface area (Å²) in [6.07, 6.45) is 1.07. The van der Waals surface area contributed by atoms with E-state index in [1.165, 1.54) is 11.1 Å². The lowest BCUT2D eigenvalue weighted by atomic mass is 10.0. The highest BCUT2D eigenvalue weighted by Gasteiger charge is 2.56. The number of nitrogens with zero attached hydrogens (tertiary/aromatic N) is 5. The van der Waals surface area contributed by atoms with Gasteiger partial charge in [-0.25, -0.2) is 4.68 Å². The second kappa shape index (κ2) is 4.66. The van der Waals surface area contributed by atoms with E-state index in [0.29, 0.717) is 24.3 Å². The summed E-state index contributed by atoms with van der Waals surface area (Å²) in [5, 5.41) is 14.9. The lowest BCUT2D eigenvalue weighted by Gasteiger charge is -2.26. The molecule has 1 saturated carbocycles. The van der Waals surface area contributed by atoms with E-state index in [4.69, 9.17) is 0 Å². The van der Waals surface area contributed by atoms with Crippen LogP contribution in [0.25, 0.3) is 0 Å². The second-order valence-corrected chi connectivity index (χ2v) is 6.85. The molecule has 0 spiro atoms. The SMILES string of the molecule is CC1=C(C(=O)N[C@@H]2[C@H]3Cc4ccccc4[C@H]32)Cn2nnnc2N1C. The Morgan fingerprint density at radius 3 is 3.04 bits per heavy atom. The molecular weight excluding hydrogens is 304 g/mol. The number of rotatable bonds is 2. The summed E-state index contributed by atoms with van der Waals surface area (Å²) < 4.78 is 1.66. The molecule has 0 saturated heterocycles. The minimum Gasteiger partial charge on any atom is -0.349 e. The summed E-state index contributed by atoms with van der Waals surface area (Å²) in [6, 6.07) is 8.82. The monoisotopic (exact) mass is 322 g/mol. The third kappa shape index (κ3) is 1.78. The topological polar surface area (TPSA) is 75.9 Å². The maximum Gasteiger partial charge on any atom is 0.251 e. The van der Waals surface area contributed by atoms with Crippen molar-refractivity contribution in [3.63, 3.8) is 0 Å². The highest BCUT2D eigenvalue weighted by atomic mass is 16.2. The van der Waals surface area contributed by atoms with Crippen LogP contribution in [-0.4, -0.2) is 39.2 Å². The first-order chi connectivity index (χ1) is 11.6. The molecule has 0 radical (unpaired) electrons. The Morgan fingerprint density at radius 2 is 2.17 bits per heavy atom. The van der Waals surface area contributed by atoms with Gasteiger partial charge in [-0.1, -0.05) is 29.4 Å². The fourth-order valence-corrected chi connectivity index (χ4v) is 4.18. The molecule has 3 aliphatic rings. The number of hydrogen-bond donors (Lipinski definition) is 1. The molecule has 5 rings (SSSR count). The molecule has 1 N–H and O–H groups in total. The Bertz CT molecular complexity index is 885. The molecule has 7 nitrogen and oxygen atoms in total. The third-order valence-corrected chi connectivity index (χ3v) is 5.67. The zero-order chi connectivity index (χ0) is 16.4. The van der Waals surface area contributed by atoms with Gasteiger partial charge in [-0.05, 0) is 40.8 Å². The number of carbonyl (C=O) groups excluding carboxylic acids is 1. The van der Waals surface area contributed by atoms with E-state index >= 15 is 0 Å². The van der Waals surface area contributed by atoms with Gasteiger partial charge in [0.15, 0.2) is 0 Å². The van der Waals surface area contributed by atoms with Crippen molar-refractivity contribution in [2.75, 3.05) is 11.9 Å². The third-order valence-electron chi connectivity index (χ3n) is 5.67. The van der Waals surface area contributed by atoms with Crippen molar-refractivity contribution in [2.24, 2.45) is 5.92 Å². The van der Waals surface area contributed by atoms with Crippen molar-refractivity contribution in [3.8, 4) is 0 Å². The fraction of sp³-hybridized carbons (Fsp3) is 0.412. The minimum absolute atomic E-state index is 0.00242. The first kappa shape index (κ1) is 13.7. The highest BCUT2D eigenvalue weighted by Crippen LogP contribution is 2.56. The lowest BCUT2D eigenvalue weighted by Crippen LogP contribution is -2.37. The molecule has 7 heteroatoms. The Labute approximate surface area is 139 Å². The van der Waals surface area contributed by atoms with Crippen LogP contribution in [0, 0.1) is 5.92 Å². The molecule has 1 fully saturated rings. The molecule has 2 aromatic rings. The minimum atomic E-state index is -0.00242. The predicted octanol–water partition coefficient (Wildman–Crippen LogP) is 0.851. The van der Waals surface area contributed by atoms with E-state index in [2.05, 4.69) is 45.1 Å². The molecule has 2 aliphatic carbocycles. The molecule has 1 aliphatic heterocycles. The number of amides is 1. The van der Waals surface area contributed by atoms with Crippen LogP contribution in [0.2, 0.25) is 0 Å². The number of carbonyl (C=O) groups is 1. The van der Waals surface area contributed by atoms with Crippen molar-refractivity contribution >= 4 is 11.9 Å². The van der Waals surface area contributed by atoms with Crippen LogP contribution in [0.5, 0.6) is 0 Å². The van der Waals surface area contributed by atoms with Crippen LogP contribution in [0.15, 0.2) is 35.5 Å². The first-order valence-corrected chi connectivity index (χ1v) is 8.23. The smallest absolute Gasteiger partial charge is 0.251 e.